The molecule has 25 heavy (non-hydrogen) atoms. The first kappa shape index (κ1) is 17.9. The fourth-order valence-corrected chi connectivity index (χ4v) is 3.32. The molecule has 0 aromatic heterocycles. The molecule has 2 aliphatic heterocycles. The van der Waals surface area contributed by atoms with Gasteiger partial charge in [0.05, 0.1) is 19.8 Å². The van der Waals surface area contributed by atoms with E-state index in [1.54, 1.807) is 7.11 Å². The van der Waals surface area contributed by atoms with Crippen molar-refractivity contribution in [2.75, 3.05) is 26.8 Å². The third-order valence-electron chi connectivity index (χ3n) is 4.57. The lowest BCUT2D eigenvalue weighted by atomic mass is 10.1. The van der Waals surface area contributed by atoms with E-state index in [-0.39, 0.29) is 12.2 Å². The molecule has 0 bridgehead atoms. The van der Waals surface area contributed by atoms with E-state index in [4.69, 9.17) is 19.2 Å². The van der Waals surface area contributed by atoms with Crippen molar-refractivity contribution in [2.24, 2.45) is 4.99 Å². The van der Waals surface area contributed by atoms with Crippen molar-refractivity contribution in [3.05, 3.63) is 23.3 Å². The molecule has 1 aromatic rings. The topological polar surface area (TPSA) is 64.1 Å². The van der Waals surface area contributed by atoms with Gasteiger partial charge in [-0.2, -0.15) is 0 Å². The van der Waals surface area contributed by atoms with Gasteiger partial charge in [0, 0.05) is 37.2 Å². The van der Waals surface area contributed by atoms with E-state index in [2.05, 4.69) is 36.6 Å². The molecule has 2 heterocycles. The summed E-state index contributed by atoms with van der Waals surface area (Å²) in [6.45, 7) is 7.16. The summed E-state index contributed by atoms with van der Waals surface area (Å²) in [5.41, 5.74) is 2.24. The number of methoxy groups -OCH3 is 1. The molecule has 138 valence electrons. The summed E-state index contributed by atoms with van der Waals surface area (Å²) in [5, 5.41) is 6.66. The van der Waals surface area contributed by atoms with Gasteiger partial charge in [0.15, 0.2) is 5.96 Å². The molecule has 0 saturated carbocycles. The first-order valence-electron chi connectivity index (χ1n) is 9.19. The molecule has 2 unspecified atom stereocenters. The number of ether oxygens (including phenoxy) is 3. The lowest BCUT2D eigenvalue weighted by Crippen LogP contribution is -2.41. The molecule has 0 aliphatic carbocycles. The van der Waals surface area contributed by atoms with Crippen LogP contribution in [-0.2, 0) is 17.7 Å². The quantitative estimate of drug-likeness (QED) is 0.610. The van der Waals surface area contributed by atoms with Gasteiger partial charge in [0.1, 0.15) is 17.6 Å². The van der Waals surface area contributed by atoms with Crippen LogP contribution >= 0.6 is 0 Å². The summed E-state index contributed by atoms with van der Waals surface area (Å²) in [6.07, 6.45) is 3.70. The molecule has 2 atom stereocenters. The van der Waals surface area contributed by atoms with Gasteiger partial charge in [-0.3, -0.25) is 0 Å². The molecule has 0 spiro atoms. The fraction of sp³-hybridized carbons (Fsp3) is 0.632. The van der Waals surface area contributed by atoms with Crippen molar-refractivity contribution < 1.29 is 14.2 Å². The van der Waals surface area contributed by atoms with E-state index in [9.17, 15) is 0 Å². The lowest BCUT2D eigenvalue weighted by Gasteiger charge is -2.15. The fourth-order valence-electron chi connectivity index (χ4n) is 3.32. The van der Waals surface area contributed by atoms with E-state index < -0.39 is 0 Å². The summed E-state index contributed by atoms with van der Waals surface area (Å²) in [6, 6.07) is 4.14. The molecular weight excluding hydrogens is 318 g/mol. The van der Waals surface area contributed by atoms with E-state index in [0.29, 0.717) is 6.54 Å². The van der Waals surface area contributed by atoms with Crippen molar-refractivity contribution in [1.82, 2.24) is 10.6 Å². The number of guanidine groups is 1. The maximum Gasteiger partial charge on any atom is 0.191 e. The van der Waals surface area contributed by atoms with Gasteiger partial charge in [-0.1, -0.05) is 0 Å². The summed E-state index contributed by atoms with van der Waals surface area (Å²) >= 11 is 0. The minimum Gasteiger partial charge on any atom is -0.496 e. The highest BCUT2D eigenvalue weighted by Gasteiger charge is 2.21. The zero-order chi connectivity index (χ0) is 17.6. The van der Waals surface area contributed by atoms with Crippen LogP contribution in [0.25, 0.3) is 0 Å². The van der Waals surface area contributed by atoms with Crippen molar-refractivity contribution >= 4 is 5.96 Å². The van der Waals surface area contributed by atoms with Crippen LogP contribution in [-0.4, -0.2) is 45.0 Å². The van der Waals surface area contributed by atoms with Gasteiger partial charge in [0.2, 0.25) is 0 Å². The Morgan fingerprint density at radius 3 is 2.96 bits per heavy atom. The SMILES string of the molecule is CCNC(=NCc1cc2c(cc1OC)CC(C)O2)NCC1CCCO1. The van der Waals surface area contributed by atoms with Gasteiger partial charge in [-0.25, -0.2) is 4.99 Å². The second kappa shape index (κ2) is 8.43. The number of hydrogen-bond acceptors (Lipinski definition) is 4. The van der Waals surface area contributed by atoms with Crippen molar-refractivity contribution in [1.29, 1.82) is 0 Å². The second-order valence-electron chi connectivity index (χ2n) is 6.62. The van der Waals surface area contributed by atoms with Gasteiger partial charge in [-0.15, -0.1) is 0 Å². The van der Waals surface area contributed by atoms with E-state index in [1.807, 2.05) is 0 Å². The Kier molecular flexibility index (Phi) is 6.02. The van der Waals surface area contributed by atoms with E-state index in [0.717, 1.165) is 62.0 Å². The monoisotopic (exact) mass is 347 g/mol. The molecule has 6 nitrogen and oxygen atoms in total. The van der Waals surface area contributed by atoms with Gasteiger partial charge >= 0.3 is 0 Å². The van der Waals surface area contributed by atoms with Crippen molar-refractivity contribution in [3.63, 3.8) is 0 Å². The van der Waals surface area contributed by atoms with Gasteiger partial charge < -0.3 is 24.8 Å². The highest BCUT2D eigenvalue weighted by Crippen LogP contribution is 2.35. The standard InChI is InChI=1S/C19H29N3O3/c1-4-20-19(22-12-16-6-5-7-24-16)21-11-15-10-18-14(8-13(2)25-18)9-17(15)23-3/h9-10,13,16H,4-8,11-12H2,1-3H3,(H2,20,21,22). The number of nitrogens with zero attached hydrogens (tertiary/aromatic N) is 1. The zero-order valence-corrected chi connectivity index (χ0v) is 15.4. The molecule has 3 rings (SSSR count). The van der Waals surface area contributed by atoms with Crippen LogP contribution < -0.4 is 20.1 Å². The number of aliphatic imine (C=N–C) groups is 1. The van der Waals surface area contributed by atoms with E-state index >= 15 is 0 Å². The van der Waals surface area contributed by atoms with Gasteiger partial charge in [0.25, 0.3) is 0 Å². The van der Waals surface area contributed by atoms with Crippen LogP contribution in [0.4, 0.5) is 0 Å². The van der Waals surface area contributed by atoms with E-state index in [1.165, 1.54) is 5.56 Å². The summed E-state index contributed by atoms with van der Waals surface area (Å²) in [7, 11) is 1.70. The Morgan fingerprint density at radius 1 is 1.36 bits per heavy atom. The summed E-state index contributed by atoms with van der Waals surface area (Å²) in [4.78, 5) is 4.70. The first-order valence-corrected chi connectivity index (χ1v) is 9.19. The molecule has 2 aliphatic rings. The Hall–Kier alpha value is -1.95. The van der Waals surface area contributed by atoms with Crippen LogP contribution in [0, 0.1) is 0 Å². The largest absolute Gasteiger partial charge is 0.496 e. The third kappa shape index (κ3) is 4.57. The average Bonchev–Trinajstić information content (AvgIpc) is 3.24. The molecule has 2 N–H and O–H groups in total. The highest BCUT2D eigenvalue weighted by atomic mass is 16.5. The van der Waals surface area contributed by atoms with Crippen LogP contribution in [0.3, 0.4) is 0 Å². The molecule has 0 amide bonds. The third-order valence-corrected chi connectivity index (χ3v) is 4.57. The predicted molar refractivity (Wildman–Crippen MR) is 98.6 cm³/mol. The van der Waals surface area contributed by atoms with Gasteiger partial charge in [-0.05, 0) is 38.8 Å². The Bertz CT molecular complexity index is 612. The first-order chi connectivity index (χ1) is 12.2. The van der Waals surface area contributed by atoms with Crippen molar-refractivity contribution in [3.8, 4) is 11.5 Å². The molecule has 6 heteroatoms. The highest BCUT2D eigenvalue weighted by molar-refractivity contribution is 5.79. The maximum atomic E-state index is 5.86. The predicted octanol–water partition coefficient (Wildman–Crippen LogP) is 2.25. The Morgan fingerprint density at radius 2 is 2.24 bits per heavy atom. The number of rotatable bonds is 6. The summed E-state index contributed by atoms with van der Waals surface area (Å²) < 4.78 is 17.1. The molecule has 1 saturated heterocycles. The van der Waals surface area contributed by atoms with Crippen LogP contribution in [0.5, 0.6) is 11.5 Å². The minimum atomic E-state index is 0.226. The second-order valence-corrected chi connectivity index (χ2v) is 6.62. The van der Waals surface area contributed by atoms with Crippen LogP contribution in [0.2, 0.25) is 0 Å². The Balaban J connectivity index is 1.68. The number of benzene rings is 1. The maximum absolute atomic E-state index is 5.86. The van der Waals surface area contributed by atoms with Crippen molar-refractivity contribution in [2.45, 2.75) is 51.9 Å². The van der Waals surface area contributed by atoms with Crippen LogP contribution in [0.1, 0.15) is 37.8 Å². The smallest absolute Gasteiger partial charge is 0.191 e. The van der Waals surface area contributed by atoms with Crippen LogP contribution in [0.15, 0.2) is 17.1 Å². The Labute approximate surface area is 149 Å². The number of hydrogen-bond donors (Lipinski definition) is 2. The number of fused-ring (bicyclic) bond motifs is 1. The number of nitrogens with one attached hydrogen (secondary N) is 2. The molecule has 1 fully saturated rings. The average molecular weight is 347 g/mol. The minimum absolute atomic E-state index is 0.226. The zero-order valence-electron chi connectivity index (χ0n) is 15.4. The molecule has 0 radical (unpaired) electrons. The molecule has 1 aromatic carbocycles. The normalized spacial score (nSPS) is 22.4. The summed E-state index contributed by atoms with van der Waals surface area (Å²) in [5.74, 6) is 2.63. The molecular formula is C19H29N3O3. The lowest BCUT2D eigenvalue weighted by molar-refractivity contribution is 0.114.